The van der Waals surface area contributed by atoms with Crippen LogP contribution in [0.25, 0.3) is 0 Å². The van der Waals surface area contributed by atoms with Gasteiger partial charge in [0.05, 0.1) is 13.3 Å². The first-order chi connectivity index (χ1) is 12.0. The molecule has 1 aliphatic rings. The minimum Gasteiger partial charge on any atom is -0.492 e. The molecular weight excluding hydrogens is 342 g/mol. The van der Waals surface area contributed by atoms with Crippen LogP contribution >= 0.6 is 12.2 Å². The molecule has 0 amide bonds. The van der Waals surface area contributed by atoms with Gasteiger partial charge in [-0.05, 0) is 43.6 Å². The van der Waals surface area contributed by atoms with E-state index in [2.05, 4.69) is 24.3 Å². The van der Waals surface area contributed by atoms with Crippen molar-refractivity contribution in [3.05, 3.63) is 17.2 Å². The standard InChI is InChI=1S/C17H25N3O4S/c1-5-11(2)19-17(25)20(3)7-6-12-8-14-16(24-10-23-14)15(22-4)13(12)9-18-21/h8-9,11,21H,5-7,10H2,1-4H3,(H,19,25)/t11-/m1/s1. The minimum atomic E-state index is 0.146. The SMILES string of the molecule is CC[C@@H](C)NC(=S)N(C)CCc1cc2c(c(OC)c1C=NO)OCO2. The van der Waals surface area contributed by atoms with E-state index in [-0.39, 0.29) is 6.79 Å². The van der Waals surface area contributed by atoms with E-state index in [0.29, 0.717) is 46.9 Å². The van der Waals surface area contributed by atoms with Crippen molar-refractivity contribution >= 4 is 23.5 Å². The van der Waals surface area contributed by atoms with Gasteiger partial charge in [-0.25, -0.2) is 0 Å². The average molecular weight is 367 g/mol. The Hall–Kier alpha value is -2.22. The topological polar surface area (TPSA) is 75.6 Å². The Balaban J connectivity index is 2.17. The van der Waals surface area contributed by atoms with Gasteiger partial charge in [-0.3, -0.25) is 0 Å². The highest BCUT2D eigenvalue weighted by Crippen LogP contribution is 2.44. The maximum absolute atomic E-state index is 9.01. The zero-order valence-electron chi connectivity index (χ0n) is 15.0. The van der Waals surface area contributed by atoms with Gasteiger partial charge in [-0.1, -0.05) is 12.1 Å². The lowest BCUT2D eigenvalue weighted by Crippen LogP contribution is -2.42. The molecule has 0 aromatic heterocycles. The molecule has 2 N–H and O–H groups in total. The molecule has 2 rings (SSSR count). The first kappa shape index (κ1) is 19.1. The molecule has 1 aromatic carbocycles. The first-order valence-corrected chi connectivity index (χ1v) is 8.61. The van der Waals surface area contributed by atoms with Gasteiger partial charge in [-0.15, -0.1) is 0 Å². The van der Waals surface area contributed by atoms with Crippen molar-refractivity contribution in [2.45, 2.75) is 32.7 Å². The Morgan fingerprint density at radius 1 is 1.56 bits per heavy atom. The lowest BCUT2D eigenvalue weighted by atomic mass is 10.0. The summed E-state index contributed by atoms with van der Waals surface area (Å²) in [5.41, 5.74) is 1.60. The van der Waals surface area contributed by atoms with E-state index < -0.39 is 0 Å². The second-order valence-electron chi connectivity index (χ2n) is 5.89. The smallest absolute Gasteiger partial charge is 0.231 e. The second kappa shape index (κ2) is 8.75. The van der Waals surface area contributed by atoms with Crippen LogP contribution in [0, 0.1) is 0 Å². The van der Waals surface area contributed by atoms with Crippen molar-refractivity contribution in [1.82, 2.24) is 10.2 Å². The number of fused-ring (bicyclic) bond motifs is 1. The molecule has 0 spiro atoms. The number of thiocarbonyl (C=S) groups is 1. The number of likely N-dealkylation sites (N-methyl/N-ethyl adjacent to an activating group) is 1. The van der Waals surface area contributed by atoms with E-state index >= 15 is 0 Å². The summed E-state index contributed by atoms with van der Waals surface area (Å²) in [7, 11) is 3.49. The van der Waals surface area contributed by atoms with Gasteiger partial charge in [-0.2, -0.15) is 0 Å². The maximum atomic E-state index is 9.01. The van der Waals surface area contributed by atoms with Crippen LogP contribution in [0.15, 0.2) is 11.2 Å². The summed E-state index contributed by atoms with van der Waals surface area (Å²) in [6, 6.07) is 2.22. The predicted octanol–water partition coefficient (Wildman–Crippen LogP) is 2.38. The number of hydrogen-bond acceptors (Lipinski definition) is 6. The van der Waals surface area contributed by atoms with Crippen LogP contribution in [0.3, 0.4) is 0 Å². The highest BCUT2D eigenvalue weighted by Gasteiger charge is 2.24. The van der Waals surface area contributed by atoms with Crippen LogP contribution in [0.5, 0.6) is 17.2 Å². The van der Waals surface area contributed by atoms with Gasteiger partial charge in [0.15, 0.2) is 16.6 Å². The van der Waals surface area contributed by atoms with Crippen molar-refractivity contribution in [3.8, 4) is 17.2 Å². The molecule has 1 aromatic rings. The van der Waals surface area contributed by atoms with Gasteiger partial charge in [0.25, 0.3) is 0 Å². The summed E-state index contributed by atoms with van der Waals surface area (Å²) in [4.78, 5) is 1.98. The van der Waals surface area contributed by atoms with Crippen molar-refractivity contribution < 1.29 is 19.4 Å². The summed E-state index contributed by atoms with van der Waals surface area (Å²) in [6.45, 7) is 5.04. The average Bonchev–Trinajstić information content (AvgIpc) is 3.07. The summed E-state index contributed by atoms with van der Waals surface area (Å²) < 4.78 is 16.4. The summed E-state index contributed by atoms with van der Waals surface area (Å²) in [5, 5.41) is 16.2. The third-order valence-corrected chi connectivity index (χ3v) is 4.61. The monoisotopic (exact) mass is 367 g/mol. The van der Waals surface area contributed by atoms with Crippen LogP contribution in [0.1, 0.15) is 31.4 Å². The van der Waals surface area contributed by atoms with E-state index in [1.807, 2.05) is 18.0 Å². The molecule has 0 aliphatic carbocycles. The Morgan fingerprint density at radius 2 is 2.32 bits per heavy atom. The third-order valence-electron chi connectivity index (χ3n) is 4.18. The lowest BCUT2D eigenvalue weighted by Gasteiger charge is -2.24. The molecule has 1 aliphatic heterocycles. The molecule has 25 heavy (non-hydrogen) atoms. The molecule has 1 heterocycles. The molecule has 0 radical (unpaired) electrons. The van der Waals surface area contributed by atoms with Crippen LogP contribution < -0.4 is 19.5 Å². The number of ether oxygens (including phenoxy) is 3. The zero-order chi connectivity index (χ0) is 18.4. The quantitative estimate of drug-likeness (QED) is 0.332. The number of benzene rings is 1. The summed E-state index contributed by atoms with van der Waals surface area (Å²) in [5.74, 6) is 1.67. The Morgan fingerprint density at radius 3 is 2.96 bits per heavy atom. The Kier molecular flexibility index (Phi) is 6.69. The van der Waals surface area contributed by atoms with Gasteiger partial charge < -0.3 is 29.6 Å². The number of rotatable bonds is 7. The van der Waals surface area contributed by atoms with Gasteiger partial charge in [0.2, 0.25) is 12.5 Å². The number of nitrogens with one attached hydrogen (secondary N) is 1. The van der Waals surface area contributed by atoms with Crippen molar-refractivity contribution in [1.29, 1.82) is 0 Å². The number of oxime groups is 1. The zero-order valence-corrected chi connectivity index (χ0v) is 15.9. The summed E-state index contributed by atoms with van der Waals surface area (Å²) in [6.07, 6.45) is 3.03. The van der Waals surface area contributed by atoms with E-state index in [9.17, 15) is 0 Å². The number of hydrogen-bond donors (Lipinski definition) is 2. The molecule has 0 fully saturated rings. The van der Waals surface area contributed by atoms with Crippen LogP contribution in [0.4, 0.5) is 0 Å². The Labute approximate surface area is 153 Å². The molecule has 8 heteroatoms. The number of methoxy groups -OCH3 is 1. The largest absolute Gasteiger partial charge is 0.492 e. The van der Waals surface area contributed by atoms with E-state index in [4.69, 9.17) is 31.6 Å². The van der Waals surface area contributed by atoms with Gasteiger partial charge in [0.1, 0.15) is 0 Å². The molecular formula is C17H25N3O4S. The molecule has 138 valence electrons. The fourth-order valence-electron chi connectivity index (χ4n) is 2.50. The fraction of sp³-hybridized carbons (Fsp3) is 0.529. The van der Waals surface area contributed by atoms with Crippen LogP contribution in [0.2, 0.25) is 0 Å². The van der Waals surface area contributed by atoms with Crippen molar-refractivity contribution in [2.24, 2.45) is 5.16 Å². The third kappa shape index (κ3) is 4.45. The molecule has 0 saturated carbocycles. The number of nitrogens with zero attached hydrogens (tertiary/aromatic N) is 2. The molecule has 0 unspecified atom stereocenters. The minimum absolute atomic E-state index is 0.146. The van der Waals surface area contributed by atoms with Crippen molar-refractivity contribution in [3.63, 3.8) is 0 Å². The van der Waals surface area contributed by atoms with Gasteiger partial charge in [0, 0.05) is 25.2 Å². The maximum Gasteiger partial charge on any atom is 0.231 e. The van der Waals surface area contributed by atoms with Crippen molar-refractivity contribution in [2.75, 3.05) is 27.5 Å². The molecule has 0 saturated heterocycles. The Bertz CT molecular complexity index is 651. The predicted molar refractivity (Wildman–Crippen MR) is 100 cm³/mol. The second-order valence-corrected chi connectivity index (χ2v) is 6.28. The normalized spacial score (nSPS) is 13.8. The highest BCUT2D eigenvalue weighted by atomic mass is 32.1. The summed E-state index contributed by atoms with van der Waals surface area (Å²) >= 11 is 5.43. The molecule has 0 bridgehead atoms. The van der Waals surface area contributed by atoms with E-state index in [1.54, 1.807) is 7.11 Å². The van der Waals surface area contributed by atoms with E-state index in [1.165, 1.54) is 6.21 Å². The fourth-order valence-corrected chi connectivity index (χ4v) is 2.79. The van der Waals surface area contributed by atoms with Crippen LogP contribution in [-0.4, -0.2) is 55.0 Å². The molecule has 1 atom stereocenters. The highest BCUT2D eigenvalue weighted by molar-refractivity contribution is 7.80. The van der Waals surface area contributed by atoms with Crippen LogP contribution in [-0.2, 0) is 6.42 Å². The van der Waals surface area contributed by atoms with E-state index in [0.717, 1.165) is 12.0 Å². The van der Waals surface area contributed by atoms with Gasteiger partial charge >= 0.3 is 0 Å². The first-order valence-electron chi connectivity index (χ1n) is 8.20. The molecule has 7 nitrogen and oxygen atoms in total. The lowest BCUT2D eigenvalue weighted by molar-refractivity contribution is 0.171.